The lowest BCUT2D eigenvalue weighted by atomic mass is 9.87. The van der Waals surface area contributed by atoms with Crippen LogP contribution in [0.1, 0.15) is 39.8 Å². The van der Waals surface area contributed by atoms with E-state index in [4.69, 9.17) is 19.1 Å². The molecule has 0 bridgehead atoms. The molecule has 4 atom stereocenters. The number of benzene rings is 4. The lowest BCUT2D eigenvalue weighted by Gasteiger charge is -2.22. The van der Waals surface area contributed by atoms with E-state index in [1.54, 1.807) is 0 Å². The Morgan fingerprint density at radius 2 is 1.31 bits per heavy atom. The number of ether oxygens (including phenoxy) is 3. The van der Waals surface area contributed by atoms with Gasteiger partial charge in [0.2, 0.25) is 12.4 Å². The van der Waals surface area contributed by atoms with Gasteiger partial charge in [0.1, 0.15) is 12.0 Å². The van der Waals surface area contributed by atoms with Crippen LogP contribution < -0.4 is 4.74 Å². The average molecular weight is 721 g/mol. The van der Waals surface area contributed by atoms with Gasteiger partial charge in [-0.15, -0.1) is 0 Å². The third kappa shape index (κ3) is 8.20. The summed E-state index contributed by atoms with van der Waals surface area (Å²) in [7, 11) is 1.18. The van der Waals surface area contributed by atoms with Crippen LogP contribution in [0.25, 0.3) is 6.08 Å². The van der Waals surface area contributed by atoms with Gasteiger partial charge in [0.25, 0.3) is 0 Å². The number of fused-ring (bicyclic) bond motifs is 1. The van der Waals surface area contributed by atoms with Crippen LogP contribution >= 0.6 is 0 Å². The van der Waals surface area contributed by atoms with Gasteiger partial charge in [0.15, 0.2) is 46.0 Å². The molecule has 0 spiro atoms. The molecule has 0 aliphatic carbocycles. The predicted molar refractivity (Wildman–Crippen MR) is 175 cm³/mol. The number of rotatable bonds is 13. The Morgan fingerprint density at radius 3 is 1.88 bits per heavy atom. The van der Waals surface area contributed by atoms with E-state index in [1.165, 1.54) is 55.7 Å². The Bertz CT molecular complexity index is 2020. The number of esters is 2. The van der Waals surface area contributed by atoms with Crippen LogP contribution in [0.3, 0.4) is 0 Å². The van der Waals surface area contributed by atoms with Crippen molar-refractivity contribution in [2.75, 3.05) is 7.11 Å². The summed E-state index contributed by atoms with van der Waals surface area (Å²) < 4.78 is 16.8. The molecule has 0 radical (unpaired) electrons. The molecule has 4 aromatic carbocycles. The fourth-order valence-corrected chi connectivity index (χ4v) is 5.48. The van der Waals surface area contributed by atoms with Gasteiger partial charge in [0.05, 0.1) is 7.11 Å². The molecule has 16 heteroatoms. The number of hydrogen-bond donors (Lipinski definition) is 8. The van der Waals surface area contributed by atoms with Gasteiger partial charge in [-0.3, -0.25) is 4.79 Å². The highest BCUT2D eigenvalue weighted by Gasteiger charge is 2.46. The maximum Gasteiger partial charge on any atom is 0.345 e. The van der Waals surface area contributed by atoms with E-state index >= 15 is 0 Å². The molecule has 16 nitrogen and oxygen atoms in total. The third-order valence-corrected chi connectivity index (χ3v) is 7.94. The van der Waals surface area contributed by atoms with E-state index in [0.717, 1.165) is 30.3 Å². The largest absolute Gasteiger partial charge is 0.504 e. The lowest BCUT2D eigenvalue weighted by molar-refractivity contribution is -0.353. The summed E-state index contributed by atoms with van der Waals surface area (Å²) in [5.74, 6) is -8.64. The molecular formula is C36H32O16. The van der Waals surface area contributed by atoms with Gasteiger partial charge < -0.3 is 55.1 Å². The van der Waals surface area contributed by atoms with Gasteiger partial charge >= 0.3 is 17.9 Å². The molecule has 1 unspecified atom stereocenters. The molecule has 272 valence electrons. The first kappa shape index (κ1) is 36.6. The number of phenols is 7. The standard InChI is InChI=1S/C36H32O16/c1-48-52-30(15-18-3-8-22(38)26(42)13-18)50-29(44)11-6-19-4-10-24(40)34-31(19)32(33(51-34)20-5-9-23(39)27(43)16-20)36(47)49-28(35(45)46)14-17-2-7-21(37)25(41)12-17/h2-13,16,28,30,32-33,37-43H,14-15H2,1H3,(H,45,46)/t28?,30-,32-,33+/m0/s1. The zero-order valence-electron chi connectivity index (χ0n) is 27.1. The van der Waals surface area contributed by atoms with E-state index in [0.29, 0.717) is 5.56 Å². The summed E-state index contributed by atoms with van der Waals surface area (Å²) in [6, 6.07) is 13.6. The summed E-state index contributed by atoms with van der Waals surface area (Å²) in [5.41, 5.74) is 0.841. The highest BCUT2D eigenvalue weighted by atomic mass is 17.2. The second-order valence-corrected chi connectivity index (χ2v) is 11.5. The van der Waals surface area contributed by atoms with Gasteiger partial charge in [0, 0.05) is 24.5 Å². The fourth-order valence-electron chi connectivity index (χ4n) is 5.48. The first-order valence-electron chi connectivity index (χ1n) is 15.3. The van der Waals surface area contributed by atoms with E-state index in [9.17, 15) is 55.2 Å². The minimum absolute atomic E-state index is 0.0257. The SMILES string of the molecule is COO[C@@H](Cc1ccc(O)c(O)c1)OC(=O)C=Cc1ccc(O)c2c1[C@H](C(=O)OC(Cc1ccc(O)c(O)c1)C(=O)O)[C@@H](c1ccc(O)c(O)c1)O2. The number of hydrogen-bond acceptors (Lipinski definition) is 15. The predicted octanol–water partition coefficient (Wildman–Crippen LogP) is 3.79. The van der Waals surface area contributed by atoms with Gasteiger partial charge in [-0.2, -0.15) is 4.89 Å². The van der Waals surface area contributed by atoms with Crippen molar-refractivity contribution in [2.45, 2.75) is 37.3 Å². The Hall–Kier alpha value is -6.65. The maximum atomic E-state index is 14.0. The van der Waals surface area contributed by atoms with Crippen LogP contribution in [0.15, 0.2) is 72.8 Å². The summed E-state index contributed by atoms with van der Waals surface area (Å²) in [4.78, 5) is 48.8. The topological polar surface area (TPSA) is 259 Å². The van der Waals surface area contributed by atoms with Crippen molar-refractivity contribution in [2.24, 2.45) is 0 Å². The monoisotopic (exact) mass is 720 g/mol. The molecule has 52 heavy (non-hydrogen) atoms. The van der Waals surface area contributed by atoms with Crippen LogP contribution in [0.4, 0.5) is 0 Å². The Balaban J connectivity index is 1.46. The molecule has 1 aliphatic heterocycles. The van der Waals surface area contributed by atoms with Crippen molar-refractivity contribution in [1.82, 2.24) is 0 Å². The minimum Gasteiger partial charge on any atom is -0.504 e. The molecular weight excluding hydrogens is 688 g/mol. The summed E-state index contributed by atoms with van der Waals surface area (Å²) in [6.07, 6.45) is -2.82. The van der Waals surface area contributed by atoms with E-state index < -0.39 is 83.2 Å². The molecule has 0 fully saturated rings. The molecule has 4 aromatic rings. The number of carbonyl (C=O) groups is 3. The third-order valence-electron chi connectivity index (χ3n) is 7.94. The quantitative estimate of drug-likeness (QED) is 0.0244. The number of phenolic OH excluding ortho intramolecular Hbond substituents is 7. The van der Waals surface area contributed by atoms with Crippen LogP contribution in [0, 0.1) is 0 Å². The minimum atomic E-state index is -1.81. The Labute approximate surface area is 294 Å². The number of aliphatic carboxylic acids is 1. The normalized spacial score (nSPS) is 16.1. The molecule has 8 N–H and O–H groups in total. The number of carbonyl (C=O) groups excluding carboxylic acids is 2. The highest BCUT2D eigenvalue weighted by molar-refractivity contribution is 5.90. The van der Waals surface area contributed by atoms with Crippen LogP contribution in [-0.4, -0.2) is 78.3 Å². The van der Waals surface area contributed by atoms with E-state index in [1.807, 2.05) is 0 Å². The van der Waals surface area contributed by atoms with Crippen LogP contribution in [-0.2, 0) is 46.5 Å². The molecule has 0 aromatic heterocycles. The van der Waals surface area contributed by atoms with Crippen LogP contribution in [0.5, 0.6) is 46.0 Å². The maximum absolute atomic E-state index is 14.0. The van der Waals surface area contributed by atoms with Crippen molar-refractivity contribution in [1.29, 1.82) is 0 Å². The van der Waals surface area contributed by atoms with E-state index in [-0.39, 0.29) is 40.2 Å². The van der Waals surface area contributed by atoms with Crippen molar-refractivity contribution in [3.05, 3.63) is 101 Å². The number of aromatic hydroxyl groups is 7. The van der Waals surface area contributed by atoms with Gasteiger partial charge in [-0.1, -0.05) is 24.3 Å². The average Bonchev–Trinajstić information content (AvgIpc) is 3.51. The van der Waals surface area contributed by atoms with Crippen molar-refractivity contribution in [3.63, 3.8) is 0 Å². The first-order chi connectivity index (χ1) is 24.7. The Morgan fingerprint density at radius 1 is 0.731 bits per heavy atom. The molecule has 1 aliphatic rings. The highest BCUT2D eigenvalue weighted by Crippen LogP contribution is 2.53. The van der Waals surface area contributed by atoms with Gasteiger partial charge in [-0.05, 0) is 70.8 Å². The van der Waals surface area contributed by atoms with E-state index in [2.05, 4.69) is 4.89 Å². The lowest BCUT2D eigenvalue weighted by Crippen LogP contribution is -2.32. The summed E-state index contributed by atoms with van der Waals surface area (Å²) in [6.45, 7) is 0. The van der Waals surface area contributed by atoms with Crippen molar-refractivity contribution in [3.8, 4) is 46.0 Å². The smallest absolute Gasteiger partial charge is 0.345 e. The summed E-state index contributed by atoms with van der Waals surface area (Å²) >= 11 is 0. The zero-order chi connectivity index (χ0) is 37.7. The van der Waals surface area contributed by atoms with Crippen molar-refractivity contribution >= 4 is 24.0 Å². The number of carboxylic acids is 1. The zero-order valence-corrected chi connectivity index (χ0v) is 27.1. The van der Waals surface area contributed by atoms with Gasteiger partial charge in [-0.25, -0.2) is 14.5 Å². The molecule has 1 heterocycles. The molecule has 0 saturated carbocycles. The second-order valence-electron chi connectivity index (χ2n) is 11.5. The molecule has 0 amide bonds. The molecule has 0 saturated heterocycles. The first-order valence-corrected chi connectivity index (χ1v) is 15.3. The fraction of sp³-hybridized carbons (Fsp3) is 0.194. The van der Waals surface area contributed by atoms with Crippen LogP contribution in [0.2, 0.25) is 0 Å². The number of carboxylic acid groups (broad SMARTS) is 1. The second kappa shape index (κ2) is 15.5. The summed E-state index contributed by atoms with van der Waals surface area (Å²) in [5, 5.41) is 79.7. The van der Waals surface area contributed by atoms with Crippen molar-refractivity contribution < 1.29 is 79.2 Å². The molecule has 5 rings (SSSR count). The Kier molecular flexibility index (Phi) is 10.9.